The van der Waals surface area contributed by atoms with Crippen LogP contribution in [0.3, 0.4) is 0 Å². The summed E-state index contributed by atoms with van der Waals surface area (Å²) in [5, 5.41) is 3.61. The molecule has 0 radical (unpaired) electrons. The van der Waals surface area contributed by atoms with Gasteiger partial charge in [-0.1, -0.05) is 12.1 Å². The highest BCUT2D eigenvalue weighted by Gasteiger charge is 2.46. The monoisotopic (exact) mass is 260 g/mol. The first kappa shape index (κ1) is 12.5. The van der Waals surface area contributed by atoms with E-state index in [9.17, 15) is 4.79 Å². The highest BCUT2D eigenvalue weighted by Crippen LogP contribution is 2.39. The van der Waals surface area contributed by atoms with Crippen molar-refractivity contribution in [2.24, 2.45) is 0 Å². The molecule has 0 aliphatic carbocycles. The zero-order valence-electron chi connectivity index (χ0n) is 11.3. The van der Waals surface area contributed by atoms with Crippen molar-refractivity contribution < 1.29 is 9.53 Å². The SMILES string of the molecule is COc1ccc(C23CCC(=O)N2CCCCN3)cc1. The van der Waals surface area contributed by atoms with Gasteiger partial charge in [0.05, 0.1) is 7.11 Å². The smallest absolute Gasteiger partial charge is 0.224 e. The van der Waals surface area contributed by atoms with E-state index in [4.69, 9.17) is 4.74 Å². The molecule has 1 N–H and O–H groups in total. The number of hydrogen-bond donors (Lipinski definition) is 1. The molecule has 2 saturated heterocycles. The number of amides is 1. The molecule has 2 aliphatic heterocycles. The molecule has 2 fully saturated rings. The molecule has 4 heteroatoms. The van der Waals surface area contributed by atoms with Gasteiger partial charge in [0.1, 0.15) is 11.4 Å². The van der Waals surface area contributed by atoms with Gasteiger partial charge in [-0.15, -0.1) is 0 Å². The molecule has 1 amide bonds. The minimum absolute atomic E-state index is 0.269. The van der Waals surface area contributed by atoms with Crippen molar-refractivity contribution in [3.05, 3.63) is 29.8 Å². The van der Waals surface area contributed by atoms with Gasteiger partial charge >= 0.3 is 0 Å². The maximum absolute atomic E-state index is 12.1. The lowest BCUT2D eigenvalue weighted by molar-refractivity contribution is -0.132. The van der Waals surface area contributed by atoms with Gasteiger partial charge in [-0.2, -0.15) is 0 Å². The number of hydrogen-bond acceptors (Lipinski definition) is 3. The fourth-order valence-electron chi connectivity index (χ4n) is 3.23. The predicted octanol–water partition coefficient (Wildman–Crippen LogP) is 1.85. The van der Waals surface area contributed by atoms with E-state index in [1.165, 1.54) is 5.56 Å². The molecule has 1 atom stereocenters. The van der Waals surface area contributed by atoms with Crippen molar-refractivity contribution in [3.63, 3.8) is 0 Å². The topological polar surface area (TPSA) is 41.6 Å². The van der Waals surface area contributed by atoms with Crippen LogP contribution in [0.25, 0.3) is 0 Å². The van der Waals surface area contributed by atoms with Gasteiger partial charge in [0.2, 0.25) is 5.91 Å². The summed E-state index contributed by atoms with van der Waals surface area (Å²) in [6, 6.07) is 8.08. The van der Waals surface area contributed by atoms with E-state index in [1.807, 2.05) is 17.0 Å². The fourth-order valence-corrected chi connectivity index (χ4v) is 3.23. The Bertz CT molecular complexity index is 472. The Morgan fingerprint density at radius 2 is 2.05 bits per heavy atom. The highest BCUT2D eigenvalue weighted by atomic mass is 16.5. The summed E-state index contributed by atoms with van der Waals surface area (Å²) in [5.41, 5.74) is 0.876. The molecule has 1 unspecified atom stereocenters. The van der Waals surface area contributed by atoms with Gasteiger partial charge in [0.15, 0.2) is 0 Å². The number of nitrogens with one attached hydrogen (secondary N) is 1. The van der Waals surface area contributed by atoms with E-state index in [2.05, 4.69) is 17.4 Å². The summed E-state index contributed by atoms with van der Waals surface area (Å²) in [6.45, 7) is 1.83. The molecule has 0 spiro atoms. The quantitative estimate of drug-likeness (QED) is 0.882. The minimum Gasteiger partial charge on any atom is -0.497 e. The molecule has 3 rings (SSSR count). The van der Waals surface area contributed by atoms with Gasteiger partial charge in [0.25, 0.3) is 0 Å². The van der Waals surface area contributed by atoms with Crippen LogP contribution >= 0.6 is 0 Å². The van der Waals surface area contributed by atoms with E-state index in [0.717, 1.165) is 38.1 Å². The second-order valence-electron chi connectivity index (χ2n) is 5.27. The van der Waals surface area contributed by atoms with Crippen LogP contribution in [0.5, 0.6) is 5.75 Å². The molecule has 1 aromatic rings. The van der Waals surface area contributed by atoms with Crippen LogP contribution in [0.2, 0.25) is 0 Å². The van der Waals surface area contributed by atoms with Crippen LogP contribution in [-0.4, -0.2) is 31.0 Å². The second-order valence-corrected chi connectivity index (χ2v) is 5.27. The number of methoxy groups -OCH3 is 1. The third-order valence-corrected chi connectivity index (χ3v) is 4.26. The number of ether oxygens (including phenoxy) is 1. The first-order chi connectivity index (χ1) is 9.26. The van der Waals surface area contributed by atoms with E-state index in [-0.39, 0.29) is 11.6 Å². The second kappa shape index (κ2) is 4.85. The number of rotatable bonds is 2. The van der Waals surface area contributed by atoms with Crippen molar-refractivity contribution >= 4 is 5.91 Å². The summed E-state index contributed by atoms with van der Waals surface area (Å²) in [6.07, 6.45) is 3.70. The number of benzene rings is 1. The fraction of sp³-hybridized carbons (Fsp3) is 0.533. The van der Waals surface area contributed by atoms with Gasteiger partial charge in [-0.25, -0.2) is 0 Å². The number of carbonyl (C=O) groups is 1. The van der Waals surface area contributed by atoms with Crippen molar-refractivity contribution in [1.82, 2.24) is 10.2 Å². The summed E-state index contributed by atoms with van der Waals surface area (Å²) in [7, 11) is 1.67. The lowest BCUT2D eigenvalue weighted by Crippen LogP contribution is -2.52. The molecule has 102 valence electrons. The Labute approximate surface area is 113 Å². The molecular weight excluding hydrogens is 240 g/mol. The van der Waals surface area contributed by atoms with Crippen LogP contribution in [0.4, 0.5) is 0 Å². The zero-order valence-corrected chi connectivity index (χ0v) is 11.3. The average molecular weight is 260 g/mol. The first-order valence-electron chi connectivity index (χ1n) is 6.96. The lowest BCUT2D eigenvalue weighted by atomic mass is 9.96. The third kappa shape index (κ3) is 2.00. The number of nitrogens with zero attached hydrogens (tertiary/aromatic N) is 1. The predicted molar refractivity (Wildman–Crippen MR) is 72.9 cm³/mol. The molecule has 2 aliphatic rings. The zero-order chi connectivity index (χ0) is 13.3. The van der Waals surface area contributed by atoms with Crippen LogP contribution in [-0.2, 0) is 10.5 Å². The maximum Gasteiger partial charge on any atom is 0.224 e. The van der Waals surface area contributed by atoms with Crippen LogP contribution in [0, 0.1) is 0 Å². The summed E-state index contributed by atoms with van der Waals surface area (Å²) >= 11 is 0. The Kier molecular flexibility index (Phi) is 3.19. The molecule has 0 aromatic heterocycles. The highest BCUT2D eigenvalue weighted by molar-refractivity contribution is 5.80. The Morgan fingerprint density at radius 3 is 2.79 bits per heavy atom. The van der Waals surface area contributed by atoms with E-state index < -0.39 is 0 Å². The van der Waals surface area contributed by atoms with E-state index in [1.54, 1.807) is 7.11 Å². The van der Waals surface area contributed by atoms with Gasteiger partial charge in [-0.05, 0) is 43.5 Å². The number of fused-ring (bicyclic) bond motifs is 1. The Hall–Kier alpha value is -1.55. The summed E-state index contributed by atoms with van der Waals surface area (Å²) in [5.74, 6) is 1.12. The molecule has 4 nitrogen and oxygen atoms in total. The van der Waals surface area contributed by atoms with E-state index in [0.29, 0.717) is 6.42 Å². The molecule has 0 bridgehead atoms. The van der Waals surface area contributed by atoms with Crippen LogP contribution < -0.4 is 10.1 Å². The van der Waals surface area contributed by atoms with Gasteiger partial charge < -0.3 is 9.64 Å². The van der Waals surface area contributed by atoms with Crippen molar-refractivity contribution in [2.75, 3.05) is 20.2 Å². The van der Waals surface area contributed by atoms with Crippen molar-refractivity contribution in [2.45, 2.75) is 31.3 Å². The normalized spacial score (nSPS) is 27.0. The molecule has 0 saturated carbocycles. The standard InChI is InChI=1S/C15H20N2O2/c1-19-13-6-4-12(5-7-13)15-9-8-14(18)17(15)11-3-2-10-16-15/h4-7,16H,2-3,8-11H2,1H3. The van der Waals surface area contributed by atoms with Crippen molar-refractivity contribution in [3.8, 4) is 5.75 Å². The molecular formula is C15H20N2O2. The number of carbonyl (C=O) groups excluding carboxylic acids is 1. The molecule has 2 heterocycles. The summed E-state index contributed by atoms with van der Waals surface area (Å²) < 4.78 is 5.21. The largest absolute Gasteiger partial charge is 0.497 e. The maximum atomic E-state index is 12.1. The van der Waals surface area contributed by atoms with Crippen LogP contribution in [0.15, 0.2) is 24.3 Å². The van der Waals surface area contributed by atoms with Crippen LogP contribution in [0.1, 0.15) is 31.2 Å². The average Bonchev–Trinajstić information content (AvgIpc) is 2.65. The Morgan fingerprint density at radius 1 is 1.26 bits per heavy atom. The lowest BCUT2D eigenvalue weighted by Gasteiger charge is -2.38. The van der Waals surface area contributed by atoms with Gasteiger partial charge in [0, 0.05) is 13.0 Å². The van der Waals surface area contributed by atoms with E-state index >= 15 is 0 Å². The van der Waals surface area contributed by atoms with Gasteiger partial charge in [-0.3, -0.25) is 10.1 Å². The molecule has 1 aromatic carbocycles. The van der Waals surface area contributed by atoms with Crippen molar-refractivity contribution in [1.29, 1.82) is 0 Å². The summed E-state index contributed by atoms with van der Waals surface area (Å²) in [4.78, 5) is 14.2. The third-order valence-electron chi connectivity index (χ3n) is 4.26. The first-order valence-corrected chi connectivity index (χ1v) is 6.96. The minimum atomic E-state index is -0.292. The Balaban J connectivity index is 1.99. The molecule has 19 heavy (non-hydrogen) atoms.